The molecule has 1 aliphatic rings. The molecule has 0 spiro atoms. The lowest BCUT2D eigenvalue weighted by Gasteiger charge is -2.26. The van der Waals surface area contributed by atoms with Gasteiger partial charge in [-0.1, -0.05) is 55.8 Å². The molecule has 150 valence electrons. The molecule has 1 saturated heterocycles. The quantitative estimate of drug-likeness (QED) is 0.735. The second kappa shape index (κ2) is 10.3. The van der Waals surface area contributed by atoms with E-state index < -0.39 is 6.10 Å². The zero-order chi connectivity index (χ0) is 19.8. The van der Waals surface area contributed by atoms with Gasteiger partial charge in [0, 0.05) is 13.1 Å². The van der Waals surface area contributed by atoms with Crippen molar-refractivity contribution >= 4 is 5.91 Å². The van der Waals surface area contributed by atoms with Gasteiger partial charge >= 0.3 is 0 Å². The number of hydrogen-bond donors (Lipinski definition) is 1. The van der Waals surface area contributed by atoms with Gasteiger partial charge in [-0.3, -0.25) is 9.69 Å². The molecule has 28 heavy (non-hydrogen) atoms. The van der Waals surface area contributed by atoms with Crippen molar-refractivity contribution in [3.63, 3.8) is 0 Å². The van der Waals surface area contributed by atoms with Gasteiger partial charge in [0.15, 0.2) is 6.10 Å². The van der Waals surface area contributed by atoms with Gasteiger partial charge < -0.3 is 10.1 Å². The minimum atomic E-state index is -0.473. The number of carbonyl (C=O) groups excluding carboxylic acids is 1. The summed E-state index contributed by atoms with van der Waals surface area (Å²) < 4.78 is 5.93. The molecule has 1 N–H and O–H groups in total. The second-order valence-electron chi connectivity index (χ2n) is 7.65. The first kappa shape index (κ1) is 20.4. The summed E-state index contributed by atoms with van der Waals surface area (Å²) in [6.07, 6.45) is 4.15. The second-order valence-corrected chi connectivity index (χ2v) is 7.65. The van der Waals surface area contributed by atoms with Gasteiger partial charge in [0.05, 0.1) is 0 Å². The van der Waals surface area contributed by atoms with Gasteiger partial charge in [-0.15, -0.1) is 0 Å². The van der Waals surface area contributed by atoms with Gasteiger partial charge in [0.25, 0.3) is 5.91 Å². The smallest absolute Gasteiger partial charge is 0.261 e. The largest absolute Gasteiger partial charge is 0.480 e. The third kappa shape index (κ3) is 5.83. The molecular formula is C24H32N2O2. The van der Waals surface area contributed by atoms with Gasteiger partial charge in [-0.2, -0.15) is 0 Å². The Morgan fingerprint density at radius 1 is 1.04 bits per heavy atom. The molecule has 2 aromatic carbocycles. The number of amides is 1. The third-order valence-electron chi connectivity index (χ3n) is 5.37. The molecule has 4 heteroatoms. The summed E-state index contributed by atoms with van der Waals surface area (Å²) in [5.41, 5.74) is 3.49. The third-order valence-corrected chi connectivity index (χ3v) is 5.37. The Bertz CT molecular complexity index is 751. The van der Waals surface area contributed by atoms with Crippen molar-refractivity contribution < 1.29 is 9.53 Å². The number of piperidine rings is 1. The number of likely N-dealkylation sites (tertiary alicyclic amines) is 1. The number of para-hydroxylation sites is 1. The van der Waals surface area contributed by atoms with Crippen LogP contribution in [-0.2, 0) is 17.9 Å². The van der Waals surface area contributed by atoms with Crippen LogP contribution in [0.1, 0.15) is 49.3 Å². The van der Waals surface area contributed by atoms with E-state index in [-0.39, 0.29) is 5.91 Å². The normalized spacial score (nSPS) is 15.8. The summed E-state index contributed by atoms with van der Waals surface area (Å²) >= 11 is 0. The summed E-state index contributed by atoms with van der Waals surface area (Å²) in [6, 6.07) is 16.4. The van der Waals surface area contributed by atoms with E-state index in [0.29, 0.717) is 13.0 Å². The summed E-state index contributed by atoms with van der Waals surface area (Å²) in [6.45, 7) is 7.92. The van der Waals surface area contributed by atoms with Crippen molar-refractivity contribution in [1.29, 1.82) is 0 Å². The van der Waals surface area contributed by atoms with Crippen molar-refractivity contribution in [2.45, 2.75) is 58.7 Å². The maximum atomic E-state index is 12.6. The van der Waals surface area contributed by atoms with Crippen LogP contribution in [0.25, 0.3) is 0 Å². The minimum absolute atomic E-state index is 0.0665. The molecule has 1 fully saturated rings. The lowest BCUT2D eigenvalue weighted by Crippen LogP contribution is -2.37. The Labute approximate surface area is 168 Å². The Hall–Kier alpha value is -2.33. The van der Waals surface area contributed by atoms with Crippen molar-refractivity contribution in [2.24, 2.45) is 0 Å². The summed E-state index contributed by atoms with van der Waals surface area (Å²) in [5, 5.41) is 3.02. The van der Waals surface area contributed by atoms with E-state index in [2.05, 4.69) is 34.5 Å². The van der Waals surface area contributed by atoms with E-state index >= 15 is 0 Å². The topological polar surface area (TPSA) is 41.6 Å². The molecule has 0 aromatic heterocycles. The van der Waals surface area contributed by atoms with Gasteiger partial charge in [0.2, 0.25) is 0 Å². The fraction of sp³-hybridized carbons (Fsp3) is 0.458. The van der Waals surface area contributed by atoms with E-state index in [4.69, 9.17) is 4.74 Å². The predicted molar refractivity (Wildman–Crippen MR) is 113 cm³/mol. The van der Waals surface area contributed by atoms with Crippen LogP contribution in [-0.4, -0.2) is 30.0 Å². The predicted octanol–water partition coefficient (Wildman–Crippen LogP) is 4.45. The highest BCUT2D eigenvalue weighted by Crippen LogP contribution is 2.19. The Morgan fingerprint density at radius 3 is 2.39 bits per heavy atom. The average molecular weight is 381 g/mol. The number of aryl methyl sites for hydroxylation is 1. The molecule has 4 nitrogen and oxygen atoms in total. The molecule has 0 unspecified atom stereocenters. The van der Waals surface area contributed by atoms with Crippen LogP contribution < -0.4 is 10.1 Å². The molecule has 3 rings (SSSR count). The highest BCUT2D eigenvalue weighted by molar-refractivity contribution is 5.81. The summed E-state index contributed by atoms with van der Waals surface area (Å²) in [5.74, 6) is 0.703. The highest BCUT2D eigenvalue weighted by Gasteiger charge is 2.18. The van der Waals surface area contributed by atoms with Gasteiger partial charge in [-0.25, -0.2) is 0 Å². The number of rotatable bonds is 8. The molecule has 0 aliphatic carbocycles. The number of nitrogens with one attached hydrogen (secondary N) is 1. The SMILES string of the molecule is CC[C@H](Oc1ccccc1C)C(=O)NCc1ccc(CN2CCCCC2)cc1. The number of benzene rings is 2. The van der Waals surface area contributed by atoms with Crippen LogP contribution in [0, 0.1) is 6.92 Å². The molecule has 1 aliphatic heterocycles. The van der Waals surface area contributed by atoms with Crippen molar-refractivity contribution in [3.05, 3.63) is 65.2 Å². The zero-order valence-corrected chi connectivity index (χ0v) is 17.1. The van der Waals surface area contributed by atoms with Gasteiger partial charge in [0.1, 0.15) is 5.75 Å². The molecule has 0 saturated carbocycles. The van der Waals surface area contributed by atoms with Crippen LogP contribution in [0.5, 0.6) is 5.75 Å². The molecule has 0 bridgehead atoms. The molecule has 1 amide bonds. The van der Waals surface area contributed by atoms with E-state index in [1.54, 1.807) is 0 Å². The molecular weight excluding hydrogens is 348 g/mol. The lowest BCUT2D eigenvalue weighted by molar-refractivity contribution is -0.128. The standard InChI is InChI=1S/C24H32N2O2/c1-3-22(28-23-10-6-5-9-19(23)2)24(27)25-17-20-11-13-21(14-12-20)18-26-15-7-4-8-16-26/h5-6,9-14,22H,3-4,7-8,15-18H2,1-2H3,(H,25,27)/t22-/m0/s1. The van der Waals surface area contributed by atoms with Crippen LogP contribution >= 0.6 is 0 Å². The average Bonchev–Trinajstić information content (AvgIpc) is 2.73. The van der Waals surface area contributed by atoms with Gasteiger partial charge in [-0.05, 0) is 62.0 Å². The fourth-order valence-corrected chi connectivity index (χ4v) is 3.61. The van der Waals surface area contributed by atoms with Crippen molar-refractivity contribution in [3.8, 4) is 5.75 Å². The highest BCUT2D eigenvalue weighted by atomic mass is 16.5. The number of ether oxygens (including phenoxy) is 1. The first-order chi connectivity index (χ1) is 13.7. The minimum Gasteiger partial charge on any atom is -0.480 e. The van der Waals surface area contributed by atoms with E-state index in [9.17, 15) is 4.79 Å². The molecule has 1 heterocycles. The lowest BCUT2D eigenvalue weighted by atomic mass is 10.1. The van der Waals surface area contributed by atoms with Crippen LogP contribution in [0.3, 0.4) is 0 Å². The van der Waals surface area contributed by atoms with Crippen LogP contribution in [0.4, 0.5) is 0 Å². The Kier molecular flexibility index (Phi) is 7.49. The summed E-state index contributed by atoms with van der Waals surface area (Å²) in [7, 11) is 0. The van der Waals surface area contributed by atoms with Crippen LogP contribution in [0.2, 0.25) is 0 Å². The fourth-order valence-electron chi connectivity index (χ4n) is 3.61. The van der Waals surface area contributed by atoms with E-state index in [1.165, 1.54) is 37.9 Å². The number of hydrogen-bond acceptors (Lipinski definition) is 3. The molecule has 2 aromatic rings. The molecule has 1 atom stereocenters. The Balaban J connectivity index is 1.49. The monoisotopic (exact) mass is 380 g/mol. The first-order valence-electron chi connectivity index (χ1n) is 10.5. The van der Waals surface area contributed by atoms with Crippen molar-refractivity contribution in [1.82, 2.24) is 10.2 Å². The van der Waals surface area contributed by atoms with E-state index in [0.717, 1.165) is 23.4 Å². The van der Waals surface area contributed by atoms with E-state index in [1.807, 2.05) is 38.1 Å². The van der Waals surface area contributed by atoms with Crippen molar-refractivity contribution in [2.75, 3.05) is 13.1 Å². The molecule has 0 radical (unpaired) electrons. The number of carbonyl (C=O) groups is 1. The number of nitrogens with zero attached hydrogens (tertiary/aromatic N) is 1. The van der Waals surface area contributed by atoms with Crippen LogP contribution in [0.15, 0.2) is 48.5 Å². The Morgan fingerprint density at radius 2 is 1.71 bits per heavy atom. The zero-order valence-electron chi connectivity index (χ0n) is 17.1. The maximum absolute atomic E-state index is 12.6. The first-order valence-corrected chi connectivity index (χ1v) is 10.5. The summed E-state index contributed by atoms with van der Waals surface area (Å²) in [4.78, 5) is 15.1. The maximum Gasteiger partial charge on any atom is 0.261 e.